The van der Waals surface area contributed by atoms with Gasteiger partial charge in [-0.2, -0.15) is 11.8 Å². The molecule has 0 unspecified atom stereocenters. The van der Waals surface area contributed by atoms with E-state index in [1.165, 1.54) is 0 Å². The number of benzene rings is 1. The maximum absolute atomic E-state index is 11.9. The monoisotopic (exact) mass is 326 g/mol. The topological polar surface area (TPSA) is 50.8 Å². The molecule has 0 fully saturated rings. The van der Waals surface area contributed by atoms with Crippen LogP contribution in [-0.2, 0) is 4.79 Å². The third kappa shape index (κ3) is 6.15. The van der Waals surface area contributed by atoms with Crippen molar-refractivity contribution >= 4 is 23.4 Å². The Bertz CT molecular complexity index is 465. The Morgan fingerprint density at radius 1 is 1.18 bits per heavy atom. The molecule has 0 aromatic heterocycles. The third-order valence-electron chi connectivity index (χ3n) is 3.35. The second-order valence-electron chi connectivity index (χ2n) is 4.70. The van der Waals surface area contributed by atoms with E-state index in [9.17, 15) is 4.79 Å². The van der Waals surface area contributed by atoms with Gasteiger partial charge in [-0.05, 0) is 25.2 Å². The summed E-state index contributed by atoms with van der Waals surface area (Å²) in [5.74, 6) is 2.66. The lowest BCUT2D eigenvalue weighted by molar-refractivity contribution is -0.113. The maximum Gasteiger partial charge on any atom is 0.234 e. The maximum atomic E-state index is 11.9. The number of rotatable bonds is 10. The zero-order valence-corrected chi connectivity index (χ0v) is 14.7. The zero-order chi connectivity index (χ0) is 16.4. The predicted molar refractivity (Wildman–Crippen MR) is 93.3 cm³/mol. The predicted octanol–water partition coefficient (Wildman–Crippen LogP) is 2.72. The molecule has 0 bridgehead atoms. The van der Waals surface area contributed by atoms with Gasteiger partial charge in [-0.3, -0.25) is 4.79 Å². The fraction of sp³-hybridized carbons (Fsp3) is 0.562. The summed E-state index contributed by atoms with van der Waals surface area (Å²) in [7, 11) is 3.16. The molecule has 1 aromatic carbocycles. The van der Waals surface area contributed by atoms with E-state index in [0.29, 0.717) is 22.9 Å². The Morgan fingerprint density at radius 2 is 1.86 bits per heavy atom. The highest BCUT2D eigenvalue weighted by atomic mass is 32.2. The number of anilines is 1. The molecule has 1 rings (SSSR count). The molecule has 0 radical (unpaired) electrons. The van der Waals surface area contributed by atoms with Crippen LogP contribution in [0.25, 0.3) is 0 Å². The standard InChI is InChI=1S/C16H26N2O3S/c1-5-18(6-2)9-10-22-12-16(19)17-13-7-8-14(20-3)15(11-13)21-4/h7-8,11H,5-6,9-10,12H2,1-4H3,(H,17,19). The highest BCUT2D eigenvalue weighted by Crippen LogP contribution is 2.29. The molecule has 5 nitrogen and oxygen atoms in total. The minimum atomic E-state index is -0.00299. The molecule has 0 aliphatic heterocycles. The molecular weight excluding hydrogens is 300 g/mol. The van der Waals surface area contributed by atoms with Gasteiger partial charge in [-0.1, -0.05) is 13.8 Å². The SMILES string of the molecule is CCN(CC)CCSCC(=O)Nc1ccc(OC)c(OC)c1. The molecule has 1 aromatic rings. The molecule has 0 heterocycles. The van der Waals surface area contributed by atoms with Crippen LogP contribution in [0, 0.1) is 0 Å². The molecule has 0 aliphatic rings. The van der Waals surface area contributed by atoms with Crippen LogP contribution in [0.5, 0.6) is 11.5 Å². The van der Waals surface area contributed by atoms with Crippen molar-refractivity contribution in [1.29, 1.82) is 0 Å². The first-order chi connectivity index (χ1) is 10.6. The Hall–Kier alpha value is -1.40. The number of hydrogen-bond donors (Lipinski definition) is 1. The fourth-order valence-electron chi connectivity index (χ4n) is 2.01. The summed E-state index contributed by atoms with van der Waals surface area (Å²) in [6.07, 6.45) is 0. The molecule has 6 heteroatoms. The first-order valence-corrected chi connectivity index (χ1v) is 8.62. The van der Waals surface area contributed by atoms with Gasteiger partial charge in [0.15, 0.2) is 11.5 Å². The van der Waals surface area contributed by atoms with Crippen LogP contribution in [0.1, 0.15) is 13.8 Å². The van der Waals surface area contributed by atoms with Crippen molar-refractivity contribution in [3.05, 3.63) is 18.2 Å². The van der Waals surface area contributed by atoms with Crippen molar-refractivity contribution in [2.24, 2.45) is 0 Å². The summed E-state index contributed by atoms with van der Waals surface area (Å²) < 4.78 is 10.4. The summed E-state index contributed by atoms with van der Waals surface area (Å²) in [6, 6.07) is 5.35. The number of amides is 1. The van der Waals surface area contributed by atoms with Crippen molar-refractivity contribution in [3.63, 3.8) is 0 Å². The van der Waals surface area contributed by atoms with Crippen LogP contribution in [-0.4, -0.2) is 56.2 Å². The smallest absolute Gasteiger partial charge is 0.234 e. The number of thioether (sulfide) groups is 1. The van der Waals surface area contributed by atoms with E-state index in [0.717, 1.165) is 25.4 Å². The summed E-state index contributed by atoms with van der Waals surface area (Å²) in [6.45, 7) is 7.42. The highest BCUT2D eigenvalue weighted by Gasteiger charge is 2.08. The second-order valence-corrected chi connectivity index (χ2v) is 5.80. The number of hydrogen-bond acceptors (Lipinski definition) is 5. The number of ether oxygens (including phenoxy) is 2. The van der Waals surface area contributed by atoms with Gasteiger partial charge in [0.1, 0.15) is 0 Å². The number of nitrogens with zero attached hydrogens (tertiary/aromatic N) is 1. The van der Waals surface area contributed by atoms with Gasteiger partial charge < -0.3 is 19.7 Å². The van der Waals surface area contributed by atoms with Crippen molar-refractivity contribution in [3.8, 4) is 11.5 Å². The summed E-state index contributed by atoms with van der Waals surface area (Å²) in [4.78, 5) is 14.3. The number of nitrogens with one attached hydrogen (secondary N) is 1. The lowest BCUT2D eigenvalue weighted by Gasteiger charge is -2.17. The Kier molecular flexibility index (Phi) is 8.77. The van der Waals surface area contributed by atoms with Gasteiger partial charge in [0, 0.05) is 24.1 Å². The quantitative estimate of drug-likeness (QED) is 0.670. The fourth-order valence-corrected chi connectivity index (χ4v) is 2.80. The first kappa shape index (κ1) is 18.6. The molecule has 0 aliphatic carbocycles. The largest absolute Gasteiger partial charge is 0.493 e. The molecule has 0 saturated heterocycles. The van der Waals surface area contributed by atoms with Gasteiger partial charge in [0.2, 0.25) is 5.91 Å². The van der Waals surface area contributed by atoms with Crippen LogP contribution in [0.15, 0.2) is 18.2 Å². The van der Waals surface area contributed by atoms with E-state index in [1.807, 2.05) is 0 Å². The molecule has 0 atom stereocenters. The molecule has 1 amide bonds. The van der Waals surface area contributed by atoms with Crippen LogP contribution in [0.4, 0.5) is 5.69 Å². The first-order valence-electron chi connectivity index (χ1n) is 7.46. The Balaban J connectivity index is 2.39. The van der Waals surface area contributed by atoms with Gasteiger partial charge >= 0.3 is 0 Å². The minimum absolute atomic E-state index is 0.00299. The van der Waals surface area contributed by atoms with E-state index in [1.54, 1.807) is 44.2 Å². The van der Waals surface area contributed by atoms with Gasteiger partial charge in [0.25, 0.3) is 0 Å². The summed E-state index contributed by atoms with van der Waals surface area (Å²) in [5, 5.41) is 2.88. The Morgan fingerprint density at radius 3 is 2.45 bits per heavy atom. The van der Waals surface area contributed by atoms with Crippen LogP contribution >= 0.6 is 11.8 Å². The number of methoxy groups -OCH3 is 2. The molecule has 124 valence electrons. The molecule has 1 N–H and O–H groups in total. The van der Waals surface area contributed by atoms with Gasteiger partial charge in [0.05, 0.1) is 20.0 Å². The zero-order valence-electron chi connectivity index (χ0n) is 13.8. The average molecular weight is 326 g/mol. The van der Waals surface area contributed by atoms with Gasteiger partial charge in [-0.15, -0.1) is 0 Å². The van der Waals surface area contributed by atoms with Crippen LogP contribution in [0.3, 0.4) is 0 Å². The van der Waals surface area contributed by atoms with Crippen LogP contribution < -0.4 is 14.8 Å². The lowest BCUT2D eigenvalue weighted by atomic mass is 10.2. The van der Waals surface area contributed by atoms with E-state index in [4.69, 9.17) is 9.47 Å². The summed E-state index contributed by atoms with van der Waals surface area (Å²) in [5.41, 5.74) is 0.715. The molecular formula is C16H26N2O3S. The summed E-state index contributed by atoms with van der Waals surface area (Å²) >= 11 is 1.65. The lowest BCUT2D eigenvalue weighted by Crippen LogP contribution is -2.26. The van der Waals surface area contributed by atoms with Crippen molar-refractivity contribution < 1.29 is 14.3 Å². The Labute approximate surface area is 137 Å². The number of carbonyl (C=O) groups excluding carboxylic acids is 1. The number of carbonyl (C=O) groups is 1. The van der Waals surface area contributed by atoms with Gasteiger partial charge in [-0.25, -0.2) is 0 Å². The highest BCUT2D eigenvalue weighted by molar-refractivity contribution is 7.99. The van der Waals surface area contributed by atoms with E-state index in [2.05, 4.69) is 24.1 Å². The molecule has 0 saturated carbocycles. The van der Waals surface area contributed by atoms with Crippen LogP contribution in [0.2, 0.25) is 0 Å². The van der Waals surface area contributed by atoms with E-state index in [-0.39, 0.29) is 5.91 Å². The molecule has 0 spiro atoms. The van der Waals surface area contributed by atoms with Crippen molar-refractivity contribution in [1.82, 2.24) is 4.90 Å². The van der Waals surface area contributed by atoms with Crippen molar-refractivity contribution in [2.45, 2.75) is 13.8 Å². The third-order valence-corrected chi connectivity index (χ3v) is 4.28. The molecule has 22 heavy (non-hydrogen) atoms. The normalized spacial score (nSPS) is 10.6. The van der Waals surface area contributed by atoms with Crippen molar-refractivity contribution in [2.75, 3.05) is 50.7 Å². The van der Waals surface area contributed by atoms with E-state index >= 15 is 0 Å². The average Bonchev–Trinajstić information content (AvgIpc) is 2.54. The van der Waals surface area contributed by atoms with E-state index < -0.39 is 0 Å². The minimum Gasteiger partial charge on any atom is -0.493 e. The second kappa shape index (κ2) is 10.3.